The summed E-state index contributed by atoms with van der Waals surface area (Å²) in [5, 5.41) is 3.05. The van der Waals surface area contributed by atoms with Gasteiger partial charge in [0, 0.05) is 6.54 Å². The lowest BCUT2D eigenvalue weighted by Gasteiger charge is -2.17. The molecule has 0 saturated heterocycles. The van der Waals surface area contributed by atoms with E-state index in [-0.39, 0.29) is 11.9 Å². The first-order valence-electron chi connectivity index (χ1n) is 4.93. The summed E-state index contributed by atoms with van der Waals surface area (Å²) in [6, 6.07) is 4.68. The van der Waals surface area contributed by atoms with E-state index < -0.39 is 0 Å². The molecule has 2 nitrogen and oxygen atoms in total. The number of likely N-dealkylation sites (N-methyl/N-ethyl adjacent to an activating group) is 1. The van der Waals surface area contributed by atoms with Gasteiger partial charge in [-0.3, -0.25) is 0 Å². The fraction of sp³-hybridized carbons (Fsp3) is 0.455. The minimum atomic E-state index is -0.274. The van der Waals surface area contributed by atoms with Crippen molar-refractivity contribution in [3.05, 3.63) is 28.5 Å². The van der Waals surface area contributed by atoms with Crippen LogP contribution in [0.1, 0.15) is 13.3 Å². The Hall–Kier alpha value is -0.610. The molecule has 0 heterocycles. The Kier molecular flexibility index (Phi) is 5.05. The second-order valence-corrected chi connectivity index (χ2v) is 4.14. The lowest BCUT2D eigenvalue weighted by Crippen LogP contribution is -2.28. The summed E-state index contributed by atoms with van der Waals surface area (Å²) in [4.78, 5) is 0. The first kappa shape index (κ1) is 12.5. The molecular formula is C11H15BrFNO. The van der Waals surface area contributed by atoms with Crippen LogP contribution in [0.15, 0.2) is 22.7 Å². The van der Waals surface area contributed by atoms with Gasteiger partial charge in [0.1, 0.15) is 17.7 Å². The molecule has 4 heteroatoms. The summed E-state index contributed by atoms with van der Waals surface area (Å²) in [7, 11) is 1.88. The average Bonchev–Trinajstić information content (AvgIpc) is 2.23. The number of rotatable bonds is 5. The molecule has 0 bridgehead atoms. The van der Waals surface area contributed by atoms with Crippen LogP contribution in [-0.2, 0) is 0 Å². The molecule has 0 aliphatic carbocycles. The summed E-state index contributed by atoms with van der Waals surface area (Å²) in [6.07, 6.45) is 1.03. The van der Waals surface area contributed by atoms with E-state index in [0.717, 1.165) is 13.0 Å². The van der Waals surface area contributed by atoms with Crippen molar-refractivity contribution >= 4 is 15.9 Å². The maximum Gasteiger partial charge on any atom is 0.137 e. The third-order valence-corrected chi connectivity index (χ3v) is 2.69. The third-order valence-electron chi connectivity index (χ3n) is 2.08. The van der Waals surface area contributed by atoms with Crippen LogP contribution in [0.4, 0.5) is 4.39 Å². The van der Waals surface area contributed by atoms with Crippen molar-refractivity contribution in [3.63, 3.8) is 0 Å². The number of ether oxygens (including phenoxy) is 1. The van der Waals surface area contributed by atoms with Crippen LogP contribution in [0.3, 0.4) is 0 Å². The summed E-state index contributed by atoms with van der Waals surface area (Å²) in [6.45, 7) is 2.84. The molecule has 1 N–H and O–H groups in total. The zero-order chi connectivity index (χ0) is 11.3. The SMILES string of the molecule is CCC(CNC)Oc1ccc(F)c(Br)c1. The summed E-state index contributed by atoms with van der Waals surface area (Å²) in [5.74, 6) is 0.411. The van der Waals surface area contributed by atoms with Gasteiger partial charge in [-0.05, 0) is 47.6 Å². The topological polar surface area (TPSA) is 21.3 Å². The number of benzene rings is 1. The first-order valence-corrected chi connectivity index (χ1v) is 5.73. The highest BCUT2D eigenvalue weighted by atomic mass is 79.9. The largest absolute Gasteiger partial charge is 0.489 e. The van der Waals surface area contributed by atoms with Gasteiger partial charge in [0.15, 0.2) is 0 Å². The lowest BCUT2D eigenvalue weighted by atomic mass is 10.2. The molecule has 1 atom stereocenters. The van der Waals surface area contributed by atoms with Crippen LogP contribution in [0, 0.1) is 5.82 Å². The molecule has 0 aliphatic rings. The molecule has 0 aromatic heterocycles. The summed E-state index contributed by atoms with van der Waals surface area (Å²) < 4.78 is 19.1. The number of hydrogen-bond acceptors (Lipinski definition) is 2. The fourth-order valence-electron chi connectivity index (χ4n) is 1.24. The second-order valence-electron chi connectivity index (χ2n) is 3.28. The number of nitrogens with one attached hydrogen (secondary N) is 1. The molecule has 0 radical (unpaired) electrons. The third kappa shape index (κ3) is 3.80. The predicted octanol–water partition coefficient (Wildman–Crippen LogP) is 2.97. The molecule has 0 aliphatic heterocycles. The zero-order valence-corrected chi connectivity index (χ0v) is 10.5. The van der Waals surface area contributed by atoms with Crippen LogP contribution in [0.25, 0.3) is 0 Å². The standard InChI is InChI=1S/C11H15BrFNO/c1-3-8(7-14-2)15-9-4-5-11(13)10(12)6-9/h4-6,8,14H,3,7H2,1-2H3. The van der Waals surface area contributed by atoms with Crippen molar-refractivity contribution in [1.29, 1.82) is 0 Å². The zero-order valence-electron chi connectivity index (χ0n) is 8.89. The molecule has 1 rings (SSSR count). The minimum Gasteiger partial charge on any atom is -0.489 e. The van der Waals surface area contributed by atoms with Gasteiger partial charge in [-0.25, -0.2) is 4.39 Å². The summed E-state index contributed by atoms with van der Waals surface area (Å²) in [5.41, 5.74) is 0. The first-order chi connectivity index (χ1) is 7.17. The Morgan fingerprint density at radius 1 is 1.53 bits per heavy atom. The van der Waals surface area contributed by atoms with Gasteiger partial charge in [-0.2, -0.15) is 0 Å². The van der Waals surface area contributed by atoms with Gasteiger partial charge >= 0.3 is 0 Å². The minimum absolute atomic E-state index is 0.118. The van der Waals surface area contributed by atoms with Crippen molar-refractivity contribution in [2.45, 2.75) is 19.4 Å². The average molecular weight is 276 g/mol. The maximum absolute atomic E-state index is 13.0. The van der Waals surface area contributed by atoms with Crippen LogP contribution < -0.4 is 10.1 Å². The van der Waals surface area contributed by atoms with Gasteiger partial charge in [-0.1, -0.05) is 6.92 Å². The van der Waals surface area contributed by atoms with Crippen molar-refractivity contribution < 1.29 is 9.13 Å². The predicted molar refractivity (Wildman–Crippen MR) is 62.7 cm³/mol. The lowest BCUT2D eigenvalue weighted by molar-refractivity contribution is 0.196. The molecule has 0 amide bonds. The maximum atomic E-state index is 13.0. The molecular weight excluding hydrogens is 261 g/mol. The van der Waals surface area contributed by atoms with Crippen molar-refractivity contribution in [1.82, 2.24) is 5.32 Å². The van der Waals surface area contributed by atoms with E-state index in [1.807, 2.05) is 7.05 Å². The van der Waals surface area contributed by atoms with Crippen molar-refractivity contribution in [2.24, 2.45) is 0 Å². The van der Waals surface area contributed by atoms with Crippen molar-refractivity contribution in [3.8, 4) is 5.75 Å². The van der Waals surface area contributed by atoms with E-state index >= 15 is 0 Å². The fourth-order valence-corrected chi connectivity index (χ4v) is 1.60. The van der Waals surface area contributed by atoms with Gasteiger partial charge in [-0.15, -0.1) is 0 Å². The highest BCUT2D eigenvalue weighted by molar-refractivity contribution is 9.10. The van der Waals surface area contributed by atoms with Gasteiger partial charge in [0.05, 0.1) is 4.47 Å². The van der Waals surface area contributed by atoms with Gasteiger partial charge in [0.25, 0.3) is 0 Å². The Balaban J connectivity index is 2.66. The monoisotopic (exact) mass is 275 g/mol. The number of hydrogen-bond donors (Lipinski definition) is 1. The van der Waals surface area contributed by atoms with E-state index in [0.29, 0.717) is 10.2 Å². The van der Waals surface area contributed by atoms with Crippen LogP contribution in [0.2, 0.25) is 0 Å². The van der Waals surface area contributed by atoms with E-state index in [1.54, 1.807) is 12.1 Å². The van der Waals surface area contributed by atoms with Gasteiger partial charge in [0.2, 0.25) is 0 Å². The van der Waals surface area contributed by atoms with Gasteiger partial charge < -0.3 is 10.1 Å². The number of halogens is 2. The van der Waals surface area contributed by atoms with E-state index in [2.05, 4.69) is 28.2 Å². The highest BCUT2D eigenvalue weighted by Crippen LogP contribution is 2.22. The van der Waals surface area contributed by atoms with E-state index in [4.69, 9.17) is 4.74 Å². The van der Waals surface area contributed by atoms with Crippen LogP contribution in [0.5, 0.6) is 5.75 Å². The molecule has 1 aromatic rings. The Morgan fingerprint density at radius 2 is 2.27 bits per heavy atom. The van der Waals surface area contributed by atoms with Crippen LogP contribution >= 0.6 is 15.9 Å². The quantitative estimate of drug-likeness (QED) is 0.892. The molecule has 0 saturated carbocycles. The van der Waals surface area contributed by atoms with E-state index in [1.165, 1.54) is 6.07 Å². The Labute approximate surface area is 98.0 Å². The Morgan fingerprint density at radius 3 is 2.80 bits per heavy atom. The summed E-state index contributed by atoms with van der Waals surface area (Å²) >= 11 is 3.13. The second kappa shape index (κ2) is 6.08. The van der Waals surface area contributed by atoms with E-state index in [9.17, 15) is 4.39 Å². The molecule has 0 fully saturated rings. The molecule has 1 aromatic carbocycles. The molecule has 84 valence electrons. The normalized spacial score (nSPS) is 12.5. The highest BCUT2D eigenvalue weighted by Gasteiger charge is 2.08. The molecule has 15 heavy (non-hydrogen) atoms. The van der Waals surface area contributed by atoms with Crippen LogP contribution in [-0.4, -0.2) is 19.7 Å². The smallest absolute Gasteiger partial charge is 0.137 e. The Bertz CT molecular complexity index is 319. The molecule has 1 unspecified atom stereocenters. The molecule has 0 spiro atoms. The van der Waals surface area contributed by atoms with Crippen molar-refractivity contribution in [2.75, 3.05) is 13.6 Å².